The molecule has 72 valence electrons. The lowest BCUT2D eigenvalue weighted by atomic mass is 10.0. The van der Waals surface area contributed by atoms with Crippen LogP contribution in [0.1, 0.15) is 19.4 Å². The van der Waals surface area contributed by atoms with Gasteiger partial charge in [0.25, 0.3) is 0 Å². The molecule has 0 fully saturated rings. The molecule has 0 heterocycles. The van der Waals surface area contributed by atoms with Crippen molar-refractivity contribution in [2.45, 2.75) is 13.8 Å². The first-order valence-corrected chi connectivity index (χ1v) is 4.79. The summed E-state index contributed by atoms with van der Waals surface area (Å²) in [6.07, 6.45) is 6.23. The van der Waals surface area contributed by atoms with Crippen LogP contribution in [0.5, 0.6) is 0 Å². The molecule has 0 aliphatic rings. The average molecular weight is 184 g/mol. The summed E-state index contributed by atoms with van der Waals surface area (Å²) in [5.74, 6) is 0. The quantitative estimate of drug-likeness (QED) is 0.617. The molecule has 0 aliphatic carbocycles. The van der Waals surface area contributed by atoms with Gasteiger partial charge < -0.3 is 0 Å². The van der Waals surface area contributed by atoms with E-state index in [1.54, 1.807) is 0 Å². The molecule has 0 radical (unpaired) electrons. The van der Waals surface area contributed by atoms with Crippen LogP contribution >= 0.6 is 0 Å². The Morgan fingerprint density at radius 3 is 2.29 bits per heavy atom. The van der Waals surface area contributed by atoms with Crippen LogP contribution in [0.15, 0.2) is 60.7 Å². The molecule has 0 aromatic heterocycles. The fourth-order valence-corrected chi connectivity index (χ4v) is 1.22. The van der Waals surface area contributed by atoms with Crippen molar-refractivity contribution in [2.24, 2.45) is 0 Å². The molecule has 1 aromatic carbocycles. The van der Waals surface area contributed by atoms with Crippen LogP contribution in [-0.2, 0) is 0 Å². The lowest BCUT2D eigenvalue weighted by Gasteiger charge is -2.00. The van der Waals surface area contributed by atoms with Gasteiger partial charge in [-0.15, -0.1) is 0 Å². The van der Waals surface area contributed by atoms with Gasteiger partial charge in [0.1, 0.15) is 0 Å². The van der Waals surface area contributed by atoms with Crippen molar-refractivity contribution in [3.05, 3.63) is 66.3 Å². The summed E-state index contributed by atoms with van der Waals surface area (Å²) in [7, 11) is 0. The van der Waals surface area contributed by atoms with E-state index in [1.165, 1.54) is 11.1 Å². The normalized spacial score (nSPS) is 12.0. The maximum atomic E-state index is 3.84. The lowest BCUT2D eigenvalue weighted by Crippen LogP contribution is -1.78. The molecule has 0 N–H and O–H groups in total. The monoisotopic (exact) mass is 184 g/mol. The predicted molar refractivity (Wildman–Crippen MR) is 64.0 cm³/mol. The number of rotatable bonds is 3. The van der Waals surface area contributed by atoms with Gasteiger partial charge in [0.05, 0.1) is 0 Å². The van der Waals surface area contributed by atoms with E-state index in [9.17, 15) is 0 Å². The van der Waals surface area contributed by atoms with Crippen molar-refractivity contribution in [3.63, 3.8) is 0 Å². The number of hydrogen-bond donors (Lipinski definition) is 0. The molecule has 0 saturated heterocycles. The van der Waals surface area contributed by atoms with Gasteiger partial charge in [-0.1, -0.05) is 60.7 Å². The summed E-state index contributed by atoms with van der Waals surface area (Å²) < 4.78 is 0. The Hall–Kier alpha value is -1.56. The molecule has 0 amide bonds. The Morgan fingerprint density at radius 1 is 1.14 bits per heavy atom. The topological polar surface area (TPSA) is 0 Å². The van der Waals surface area contributed by atoms with Crippen LogP contribution < -0.4 is 0 Å². The van der Waals surface area contributed by atoms with E-state index < -0.39 is 0 Å². The Kier molecular flexibility index (Phi) is 3.93. The van der Waals surface area contributed by atoms with Gasteiger partial charge in [-0.3, -0.25) is 0 Å². The predicted octanol–water partition coefficient (Wildman–Crippen LogP) is 4.22. The van der Waals surface area contributed by atoms with E-state index in [-0.39, 0.29) is 0 Å². The van der Waals surface area contributed by atoms with Crippen molar-refractivity contribution in [1.82, 2.24) is 0 Å². The molecule has 0 nitrogen and oxygen atoms in total. The first-order chi connectivity index (χ1) is 6.74. The molecule has 0 unspecified atom stereocenters. The van der Waals surface area contributed by atoms with Crippen LogP contribution in [0, 0.1) is 0 Å². The smallest absolute Gasteiger partial charge is 0.0187 e. The summed E-state index contributed by atoms with van der Waals surface area (Å²) >= 11 is 0. The van der Waals surface area contributed by atoms with Crippen molar-refractivity contribution >= 4 is 5.57 Å². The molecule has 0 spiro atoms. The van der Waals surface area contributed by atoms with Gasteiger partial charge in [-0.25, -0.2) is 0 Å². The van der Waals surface area contributed by atoms with Crippen LogP contribution in [0.2, 0.25) is 0 Å². The second-order valence-electron chi connectivity index (χ2n) is 3.29. The minimum atomic E-state index is 1.07. The molecule has 14 heavy (non-hydrogen) atoms. The molecule has 0 atom stereocenters. The molecule has 0 heteroatoms. The average Bonchev–Trinajstić information content (AvgIpc) is 2.20. The summed E-state index contributed by atoms with van der Waals surface area (Å²) in [5.41, 5.74) is 3.54. The van der Waals surface area contributed by atoms with E-state index in [4.69, 9.17) is 0 Å². The third-order valence-corrected chi connectivity index (χ3v) is 1.97. The maximum absolute atomic E-state index is 3.84. The van der Waals surface area contributed by atoms with Gasteiger partial charge in [0, 0.05) is 0 Å². The lowest BCUT2D eigenvalue weighted by molar-refractivity contribution is 1.54. The van der Waals surface area contributed by atoms with E-state index in [1.807, 2.05) is 38.1 Å². The van der Waals surface area contributed by atoms with Gasteiger partial charge >= 0.3 is 0 Å². The Morgan fingerprint density at radius 2 is 1.79 bits per heavy atom. The molecule has 1 aromatic rings. The second-order valence-corrected chi connectivity index (χ2v) is 3.29. The SMILES string of the molecule is C=C(C)/C=C\C(=C/C)c1ccccc1. The Bertz CT molecular complexity index is 353. The number of benzene rings is 1. The highest BCUT2D eigenvalue weighted by Crippen LogP contribution is 2.15. The van der Waals surface area contributed by atoms with E-state index >= 15 is 0 Å². The molecule has 0 aliphatic heterocycles. The summed E-state index contributed by atoms with van der Waals surface area (Å²) in [6.45, 7) is 7.88. The van der Waals surface area contributed by atoms with Gasteiger partial charge in [0.2, 0.25) is 0 Å². The van der Waals surface area contributed by atoms with Crippen molar-refractivity contribution in [2.75, 3.05) is 0 Å². The van der Waals surface area contributed by atoms with Crippen molar-refractivity contribution < 1.29 is 0 Å². The van der Waals surface area contributed by atoms with Crippen LogP contribution in [0.25, 0.3) is 5.57 Å². The van der Waals surface area contributed by atoms with Gasteiger partial charge in [0.15, 0.2) is 0 Å². The van der Waals surface area contributed by atoms with Gasteiger partial charge in [-0.2, -0.15) is 0 Å². The fourth-order valence-electron chi connectivity index (χ4n) is 1.22. The zero-order valence-electron chi connectivity index (χ0n) is 8.83. The van der Waals surface area contributed by atoms with Crippen molar-refractivity contribution in [1.29, 1.82) is 0 Å². The van der Waals surface area contributed by atoms with Crippen molar-refractivity contribution in [3.8, 4) is 0 Å². The Balaban J connectivity index is 2.90. The molecular formula is C14H16. The largest absolute Gasteiger partial charge is 0.0961 e. The zero-order valence-corrected chi connectivity index (χ0v) is 8.83. The number of hydrogen-bond acceptors (Lipinski definition) is 0. The zero-order chi connectivity index (χ0) is 10.4. The first-order valence-electron chi connectivity index (χ1n) is 4.79. The van der Waals surface area contributed by atoms with E-state index in [2.05, 4.69) is 30.9 Å². The minimum Gasteiger partial charge on any atom is -0.0961 e. The van der Waals surface area contributed by atoms with Crippen LogP contribution in [0.3, 0.4) is 0 Å². The fraction of sp³-hybridized carbons (Fsp3) is 0.143. The molecular weight excluding hydrogens is 168 g/mol. The first kappa shape index (κ1) is 10.5. The van der Waals surface area contributed by atoms with Crippen LogP contribution in [0.4, 0.5) is 0 Å². The second kappa shape index (κ2) is 5.23. The minimum absolute atomic E-state index is 1.07. The maximum Gasteiger partial charge on any atom is -0.0187 e. The highest BCUT2D eigenvalue weighted by atomic mass is 14.0. The highest BCUT2D eigenvalue weighted by Gasteiger charge is 1.93. The number of allylic oxidation sites excluding steroid dienone is 5. The van der Waals surface area contributed by atoms with E-state index in [0.717, 1.165) is 5.57 Å². The third kappa shape index (κ3) is 3.06. The van der Waals surface area contributed by atoms with Crippen LogP contribution in [-0.4, -0.2) is 0 Å². The highest BCUT2D eigenvalue weighted by molar-refractivity contribution is 5.74. The van der Waals surface area contributed by atoms with E-state index in [0.29, 0.717) is 0 Å². The third-order valence-electron chi connectivity index (χ3n) is 1.97. The summed E-state index contributed by atoms with van der Waals surface area (Å²) in [4.78, 5) is 0. The summed E-state index contributed by atoms with van der Waals surface area (Å²) in [6, 6.07) is 10.3. The standard InChI is InChI=1S/C14H16/c1-4-13(11-10-12(2)3)14-8-6-5-7-9-14/h4-11H,2H2,1,3H3/b11-10-,13-4+. The molecule has 0 saturated carbocycles. The molecule has 0 bridgehead atoms. The molecule has 1 rings (SSSR count). The Labute approximate surface area is 86.3 Å². The summed E-state index contributed by atoms with van der Waals surface area (Å²) in [5, 5.41) is 0. The van der Waals surface area contributed by atoms with Gasteiger partial charge in [-0.05, 0) is 25.0 Å².